The second-order valence-corrected chi connectivity index (χ2v) is 6.07. The number of hydrogen-bond acceptors (Lipinski definition) is 6. The highest BCUT2D eigenvalue weighted by Gasteiger charge is 2.32. The Bertz CT molecular complexity index is 974. The molecule has 0 radical (unpaired) electrons. The van der Waals surface area contributed by atoms with E-state index in [1.165, 1.54) is 0 Å². The fourth-order valence-electron chi connectivity index (χ4n) is 2.07. The summed E-state index contributed by atoms with van der Waals surface area (Å²) in [6.45, 7) is 0. The summed E-state index contributed by atoms with van der Waals surface area (Å²) in [7, 11) is 0.977. The molecule has 1 N–H and O–H groups in total. The minimum Gasteiger partial charge on any atom is -0.454 e. The first-order chi connectivity index (χ1) is 13.4. The van der Waals surface area contributed by atoms with E-state index in [4.69, 9.17) is 27.9 Å². The van der Waals surface area contributed by atoms with E-state index in [0.717, 1.165) is 25.3 Å². The van der Waals surface area contributed by atoms with Crippen molar-refractivity contribution < 1.29 is 37.2 Å². The number of imide groups is 1. The van der Waals surface area contributed by atoms with Gasteiger partial charge in [-0.25, -0.2) is 4.79 Å². The predicted molar refractivity (Wildman–Crippen MR) is 94.5 cm³/mol. The number of ether oxygens (including phenoxy) is 2. The van der Waals surface area contributed by atoms with Crippen LogP contribution in [0.5, 0.6) is 11.5 Å². The van der Waals surface area contributed by atoms with Crippen molar-refractivity contribution in [1.82, 2.24) is 5.32 Å². The van der Waals surface area contributed by atoms with E-state index in [-0.39, 0.29) is 11.5 Å². The first-order valence-corrected chi connectivity index (χ1v) is 8.11. The van der Waals surface area contributed by atoms with Gasteiger partial charge < -0.3 is 9.47 Å². The van der Waals surface area contributed by atoms with Gasteiger partial charge in [0.2, 0.25) is 0 Å². The summed E-state index contributed by atoms with van der Waals surface area (Å²) >= 11 is 11.6. The van der Waals surface area contributed by atoms with Crippen molar-refractivity contribution in [3.63, 3.8) is 0 Å². The predicted octanol–water partition coefficient (Wildman–Crippen LogP) is 5.21. The molecule has 0 fully saturated rings. The maximum Gasteiger partial charge on any atom is 0.416 e. The zero-order chi connectivity index (χ0) is 21.9. The smallest absolute Gasteiger partial charge is 0.416 e. The second kappa shape index (κ2) is 8.53. The Morgan fingerprint density at radius 2 is 1.72 bits per heavy atom. The largest absolute Gasteiger partial charge is 0.454 e. The van der Waals surface area contributed by atoms with Crippen molar-refractivity contribution in [1.29, 1.82) is 0 Å². The molecule has 29 heavy (non-hydrogen) atoms. The van der Waals surface area contributed by atoms with Crippen LogP contribution in [0.4, 0.5) is 23.7 Å². The third kappa shape index (κ3) is 5.27. The van der Waals surface area contributed by atoms with Crippen LogP contribution in [0.2, 0.25) is 10.0 Å². The fourth-order valence-corrected chi connectivity index (χ4v) is 2.63. The molecule has 0 unspecified atom stereocenters. The van der Waals surface area contributed by atoms with Crippen molar-refractivity contribution >= 4 is 40.9 Å². The zero-order valence-corrected chi connectivity index (χ0v) is 15.7. The van der Waals surface area contributed by atoms with Gasteiger partial charge in [-0.2, -0.15) is 13.2 Å². The molecule has 2 rings (SSSR count). The van der Waals surface area contributed by atoms with Crippen molar-refractivity contribution in [2.75, 3.05) is 7.11 Å². The van der Waals surface area contributed by atoms with Gasteiger partial charge in [-0.1, -0.05) is 23.2 Å². The van der Waals surface area contributed by atoms with Gasteiger partial charge in [0.15, 0.2) is 5.75 Å². The van der Waals surface area contributed by atoms with E-state index >= 15 is 0 Å². The van der Waals surface area contributed by atoms with Gasteiger partial charge in [0.05, 0.1) is 27.6 Å². The standard InChI is InChI=1S/C16H9Cl2F3N2O6/c1-28-15(25)22-14(24)9-6-8(2-3-12(9)23(26)27)29-13-10(17)4-7(5-11(13)18)16(19,20)21/h2-6H,1H3,(H,22,24,25). The van der Waals surface area contributed by atoms with Crippen LogP contribution in [0, 0.1) is 10.1 Å². The van der Waals surface area contributed by atoms with Gasteiger partial charge in [-0.15, -0.1) is 0 Å². The summed E-state index contributed by atoms with van der Waals surface area (Å²) in [6.07, 6.45) is -5.86. The van der Waals surface area contributed by atoms with E-state index in [9.17, 15) is 32.9 Å². The normalized spacial score (nSPS) is 11.0. The number of carbonyl (C=O) groups is 2. The summed E-state index contributed by atoms with van der Waals surface area (Å²) in [6, 6.07) is 4.02. The van der Waals surface area contributed by atoms with E-state index in [0.29, 0.717) is 12.1 Å². The van der Waals surface area contributed by atoms with Crippen molar-refractivity contribution in [3.8, 4) is 11.5 Å². The van der Waals surface area contributed by atoms with Crippen LogP contribution in [0.25, 0.3) is 0 Å². The molecular weight excluding hydrogens is 444 g/mol. The number of nitro benzene ring substituents is 1. The van der Waals surface area contributed by atoms with Crippen molar-refractivity contribution in [2.24, 2.45) is 0 Å². The molecule has 2 aromatic carbocycles. The van der Waals surface area contributed by atoms with Crippen molar-refractivity contribution in [2.45, 2.75) is 6.18 Å². The molecule has 0 spiro atoms. The molecule has 0 bridgehead atoms. The Morgan fingerprint density at radius 1 is 1.14 bits per heavy atom. The van der Waals surface area contributed by atoms with Crippen LogP contribution in [-0.2, 0) is 10.9 Å². The van der Waals surface area contributed by atoms with Crippen LogP contribution >= 0.6 is 23.2 Å². The van der Waals surface area contributed by atoms with Gasteiger partial charge in [0, 0.05) is 12.1 Å². The lowest BCUT2D eigenvalue weighted by atomic mass is 10.1. The number of amides is 2. The topological polar surface area (TPSA) is 108 Å². The van der Waals surface area contributed by atoms with E-state index in [1.54, 1.807) is 5.32 Å². The van der Waals surface area contributed by atoms with Gasteiger partial charge in [0.25, 0.3) is 11.6 Å². The Morgan fingerprint density at radius 3 is 2.21 bits per heavy atom. The Labute approximate surface area is 170 Å². The van der Waals surface area contributed by atoms with Gasteiger partial charge in [-0.3, -0.25) is 20.2 Å². The number of nitro groups is 1. The molecule has 0 saturated heterocycles. The number of benzene rings is 2. The SMILES string of the molecule is COC(=O)NC(=O)c1cc(Oc2c(Cl)cc(C(F)(F)F)cc2Cl)ccc1[N+](=O)[O-]. The molecule has 2 aromatic rings. The average molecular weight is 453 g/mol. The minimum absolute atomic E-state index is 0.214. The Hall–Kier alpha value is -3.05. The molecule has 13 heteroatoms. The number of alkyl carbamates (subject to hydrolysis) is 1. The molecule has 0 aromatic heterocycles. The van der Waals surface area contributed by atoms with Gasteiger partial charge in [-0.05, 0) is 18.2 Å². The van der Waals surface area contributed by atoms with Crippen LogP contribution in [0.3, 0.4) is 0 Å². The Kier molecular flexibility index (Phi) is 6.55. The minimum atomic E-state index is -4.70. The summed E-state index contributed by atoms with van der Waals surface area (Å²) < 4.78 is 47.9. The number of carbonyl (C=O) groups excluding carboxylic acids is 2. The second-order valence-electron chi connectivity index (χ2n) is 5.25. The number of nitrogens with one attached hydrogen (secondary N) is 1. The van der Waals surface area contributed by atoms with Gasteiger partial charge >= 0.3 is 12.3 Å². The maximum absolute atomic E-state index is 12.8. The highest BCUT2D eigenvalue weighted by Crippen LogP contribution is 2.42. The molecule has 0 atom stereocenters. The van der Waals surface area contributed by atoms with Crippen LogP contribution < -0.4 is 10.1 Å². The number of methoxy groups -OCH3 is 1. The fraction of sp³-hybridized carbons (Fsp3) is 0.125. The first-order valence-electron chi connectivity index (χ1n) is 7.36. The number of hydrogen-bond donors (Lipinski definition) is 1. The number of rotatable bonds is 4. The van der Waals surface area contributed by atoms with Crippen LogP contribution in [-0.4, -0.2) is 24.0 Å². The van der Waals surface area contributed by atoms with E-state index < -0.39 is 50.0 Å². The highest BCUT2D eigenvalue weighted by atomic mass is 35.5. The number of halogens is 5. The van der Waals surface area contributed by atoms with Crippen LogP contribution in [0.1, 0.15) is 15.9 Å². The van der Waals surface area contributed by atoms with E-state index in [1.807, 2.05) is 0 Å². The highest BCUT2D eigenvalue weighted by molar-refractivity contribution is 6.37. The lowest BCUT2D eigenvalue weighted by molar-refractivity contribution is -0.385. The molecule has 2 amide bonds. The molecule has 154 valence electrons. The van der Waals surface area contributed by atoms with Gasteiger partial charge in [0.1, 0.15) is 11.3 Å². The summed E-state index contributed by atoms with van der Waals surface area (Å²) in [4.78, 5) is 33.5. The zero-order valence-electron chi connectivity index (χ0n) is 14.2. The molecule has 8 nitrogen and oxygen atoms in total. The number of alkyl halides is 3. The molecule has 0 heterocycles. The molecular formula is C16H9Cl2F3N2O6. The molecule has 0 aliphatic rings. The Balaban J connectivity index is 2.44. The third-order valence-electron chi connectivity index (χ3n) is 3.36. The summed E-state index contributed by atoms with van der Waals surface area (Å²) in [5.41, 5.74) is -2.35. The quantitative estimate of drug-likeness (QED) is 0.503. The lowest BCUT2D eigenvalue weighted by Crippen LogP contribution is -2.30. The summed E-state index contributed by atoms with van der Waals surface area (Å²) in [5, 5.41) is 11.9. The van der Waals surface area contributed by atoms with Crippen molar-refractivity contribution in [3.05, 3.63) is 61.6 Å². The molecule has 0 aliphatic heterocycles. The lowest BCUT2D eigenvalue weighted by Gasteiger charge is -2.14. The maximum atomic E-state index is 12.8. The first kappa shape index (κ1) is 22.2. The van der Waals surface area contributed by atoms with E-state index in [2.05, 4.69) is 4.74 Å². The third-order valence-corrected chi connectivity index (χ3v) is 3.92. The molecule has 0 saturated carbocycles. The monoisotopic (exact) mass is 452 g/mol. The number of nitrogens with zero attached hydrogens (tertiary/aromatic N) is 1. The van der Waals surface area contributed by atoms with Crippen LogP contribution in [0.15, 0.2) is 30.3 Å². The molecule has 0 aliphatic carbocycles. The summed E-state index contributed by atoms with van der Waals surface area (Å²) in [5.74, 6) is -1.75. The average Bonchev–Trinajstić information content (AvgIpc) is 2.63.